The summed E-state index contributed by atoms with van der Waals surface area (Å²) in [6.07, 6.45) is 3.45. The number of carbonyl (C=O) groups is 2. The predicted molar refractivity (Wildman–Crippen MR) is 51.7 cm³/mol. The minimum absolute atomic E-state index is 0.0802. The lowest BCUT2D eigenvalue weighted by Crippen LogP contribution is -2.28. The molecular formula is C9H18N2O3. The first-order chi connectivity index (χ1) is 6.72. The fourth-order valence-electron chi connectivity index (χ4n) is 1.02. The standard InChI is InChI=1S/C9H18N2O3/c10-6-2-1-3-7-11(14)9(13)5-4-8-12/h8,14H,1-7,10H2. The average molecular weight is 202 g/mol. The number of nitrogens with zero attached hydrogens (tertiary/aromatic N) is 1. The Kier molecular flexibility index (Phi) is 8.07. The molecule has 5 heteroatoms. The minimum atomic E-state index is -0.398. The minimum Gasteiger partial charge on any atom is -0.330 e. The lowest BCUT2D eigenvalue weighted by Gasteiger charge is -2.13. The molecule has 0 aromatic carbocycles. The van der Waals surface area contributed by atoms with Crippen LogP contribution in [0.1, 0.15) is 32.1 Å². The van der Waals surface area contributed by atoms with Gasteiger partial charge in [-0.2, -0.15) is 0 Å². The number of rotatable bonds is 8. The van der Waals surface area contributed by atoms with E-state index >= 15 is 0 Å². The van der Waals surface area contributed by atoms with Crippen molar-refractivity contribution >= 4 is 12.2 Å². The summed E-state index contributed by atoms with van der Waals surface area (Å²) in [6, 6.07) is 0. The first-order valence-electron chi connectivity index (χ1n) is 4.85. The molecule has 0 aromatic rings. The number of unbranched alkanes of at least 4 members (excludes halogenated alkanes) is 2. The number of hydrogen-bond donors (Lipinski definition) is 2. The van der Waals surface area contributed by atoms with Gasteiger partial charge in [0.1, 0.15) is 6.29 Å². The number of amides is 1. The van der Waals surface area contributed by atoms with Gasteiger partial charge in [0.05, 0.1) is 0 Å². The molecule has 1 amide bonds. The third-order valence-electron chi connectivity index (χ3n) is 1.84. The molecule has 0 aliphatic carbocycles. The van der Waals surface area contributed by atoms with E-state index in [4.69, 9.17) is 5.73 Å². The maximum atomic E-state index is 11.1. The summed E-state index contributed by atoms with van der Waals surface area (Å²) in [5, 5.41) is 9.86. The largest absolute Gasteiger partial charge is 0.330 e. The van der Waals surface area contributed by atoms with Crippen LogP contribution >= 0.6 is 0 Å². The zero-order valence-corrected chi connectivity index (χ0v) is 8.32. The van der Waals surface area contributed by atoms with Crippen LogP contribution in [-0.4, -0.2) is 35.6 Å². The van der Waals surface area contributed by atoms with Crippen LogP contribution in [-0.2, 0) is 9.59 Å². The van der Waals surface area contributed by atoms with Gasteiger partial charge >= 0.3 is 0 Å². The SMILES string of the molecule is NCCCCCN(O)C(=O)CCC=O. The molecular weight excluding hydrogens is 184 g/mol. The van der Waals surface area contributed by atoms with E-state index in [0.29, 0.717) is 24.4 Å². The van der Waals surface area contributed by atoms with Crippen molar-refractivity contribution in [2.75, 3.05) is 13.1 Å². The Morgan fingerprint density at radius 1 is 1.36 bits per heavy atom. The van der Waals surface area contributed by atoms with Crippen LogP contribution in [0.15, 0.2) is 0 Å². The number of hydrogen-bond acceptors (Lipinski definition) is 4. The number of carbonyl (C=O) groups excluding carboxylic acids is 2. The molecule has 0 heterocycles. The maximum absolute atomic E-state index is 11.1. The van der Waals surface area contributed by atoms with Gasteiger partial charge in [0, 0.05) is 19.4 Å². The highest BCUT2D eigenvalue weighted by Gasteiger charge is 2.08. The van der Waals surface area contributed by atoms with Crippen LogP contribution in [0.5, 0.6) is 0 Å². The molecule has 5 nitrogen and oxygen atoms in total. The molecule has 0 unspecified atom stereocenters. The van der Waals surface area contributed by atoms with E-state index in [9.17, 15) is 14.8 Å². The van der Waals surface area contributed by atoms with Gasteiger partial charge in [0.25, 0.3) is 0 Å². The number of hydroxylamine groups is 2. The normalized spacial score (nSPS) is 9.86. The Morgan fingerprint density at radius 2 is 2.07 bits per heavy atom. The fraction of sp³-hybridized carbons (Fsp3) is 0.778. The third-order valence-corrected chi connectivity index (χ3v) is 1.84. The van der Waals surface area contributed by atoms with E-state index in [1.54, 1.807) is 0 Å². The zero-order valence-electron chi connectivity index (χ0n) is 8.32. The fourth-order valence-corrected chi connectivity index (χ4v) is 1.02. The summed E-state index contributed by atoms with van der Waals surface area (Å²) in [7, 11) is 0. The van der Waals surface area contributed by atoms with Crippen molar-refractivity contribution in [1.29, 1.82) is 0 Å². The predicted octanol–water partition coefficient (Wildman–Crippen LogP) is 0.312. The number of nitrogens with two attached hydrogens (primary N) is 1. The van der Waals surface area contributed by atoms with E-state index in [2.05, 4.69) is 0 Å². The molecule has 0 fully saturated rings. The molecule has 82 valence electrons. The van der Waals surface area contributed by atoms with Crippen molar-refractivity contribution in [3.8, 4) is 0 Å². The van der Waals surface area contributed by atoms with Crippen LogP contribution in [0, 0.1) is 0 Å². The van der Waals surface area contributed by atoms with Gasteiger partial charge in [-0.3, -0.25) is 10.0 Å². The second-order valence-corrected chi connectivity index (χ2v) is 3.07. The van der Waals surface area contributed by atoms with Gasteiger partial charge in [-0.25, -0.2) is 5.06 Å². The molecule has 0 aliphatic rings. The van der Waals surface area contributed by atoms with Crippen LogP contribution < -0.4 is 5.73 Å². The van der Waals surface area contributed by atoms with E-state index in [1.807, 2.05) is 0 Å². The molecule has 0 saturated heterocycles. The highest BCUT2D eigenvalue weighted by Crippen LogP contribution is 1.99. The summed E-state index contributed by atoms with van der Waals surface area (Å²) in [5.41, 5.74) is 5.29. The molecule has 3 N–H and O–H groups in total. The van der Waals surface area contributed by atoms with Crippen molar-refractivity contribution < 1.29 is 14.8 Å². The van der Waals surface area contributed by atoms with E-state index in [0.717, 1.165) is 19.3 Å². The van der Waals surface area contributed by atoms with Crippen molar-refractivity contribution in [2.45, 2.75) is 32.1 Å². The van der Waals surface area contributed by atoms with Gasteiger partial charge in [-0.1, -0.05) is 6.42 Å². The molecule has 0 aliphatic heterocycles. The van der Waals surface area contributed by atoms with E-state index in [1.165, 1.54) is 0 Å². The van der Waals surface area contributed by atoms with Crippen molar-refractivity contribution in [1.82, 2.24) is 5.06 Å². The highest BCUT2D eigenvalue weighted by atomic mass is 16.5. The zero-order chi connectivity index (χ0) is 10.8. The third kappa shape index (κ3) is 6.56. The smallest absolute Gasteiger partial charge is 0.246 e. The second kappa shape index (κ2) is 8.65. The summed E-state index contributed by atoms with van der Waals surface area (Å²) in [6.45, 7) is 0.947. The molecule has 0 spiro atoms. The number of aldehydes is 1. The molecule has 0 aromatic heterocycles. The average Bonchev–Trinajstić information content (AvgIpc) is 2.20. The Labute approximate surface area is 83.8 Å². The van der Waals surface area contributed by atoms with Gasteiger partial charge < -0.3 is 10.5 Å². The Morgan fingerprint density at radius 3 is 2.64 bits per heavy atom. The quantitative estimate of drug-likeness (QED) is 0.257. The molecule has 0 radical (unpaired) electrons. The van der Waals surface area contributed by atoms with Crippen LogP contribution in [0.3, 0.4) is 0 Å². The summed E-state index contributed by atoms with van der Waals surface area (Å²) >= 11 is 0. The lowest BCUT2D eigenvalue weighted by molar-refractivity contribution is -0.165. The van der Waals surface area contributed by atoms with Crippen LogP contribution in [0.4, 0.5) is 0 Å². The molecule has 0 rings (SSSR count). The maximum Gasteiger partial charge on any atom is 0.246 e. The Balaban J connectivity index is 3.46. The van der Waals surface area contributed by atoms with Gasteiger partial charge in [0.15, 0.2) is 0 Å². The van der Waals surface area contributed by atoms with Gasteiger partial charge in [0.2, 0.25) is 5.91 Å². The Hall–Kier alpha value is -0.940. The Bertz CT molecular complexity index is 173. The molecule has 0 atom stereocenters. The van der Waals surface area contributed by atoms with E-state index < -0.39 is 5.91 Å². The monoisotopic (exact) mass is 202 g/mol. The van der Waals surface area contributed by atoms with Gasteiger partial charge in [-0.15, -0.1) is 0 Å². The lowest BCUT2D eigenvalue weighted by atomic mass is 10.2. The van der Waals surface area contributed by atoms with E-state index in [-0.39, 0.29) is 12.8 Å². The molecule has 14 heavy (non-hydrogen) atoms. The highest BCUT2D eigenvalue weighted by molar-refractivity contribution is 5.77. The summed E-state index contributed by atoms with van der Waals surface area (Å²) in [5.74, 6) is -0.398. The van der Waals surface area contributed by atoms with Gasteiger partial charge in [-0.05, 0) is 19.4 Å². The second-order valence-electron chi connectivity index (χ2n) is 3.07. The van der Waals surface area contributed by atoms with Crippen LogP contribution in [0.25, 0.3) is 0 Å². The topological polar surface area (TPSA) is 83.6 Å². The molecule has 0 bridgehead atoms. The molecule has 0 saturated carbocycles. The van der Waals surface area contributed by atoms with Crippen molar-refractivity contribution in [3.05, 3.63) is 0 Å². The first kappa shape index (κ1) is 13.1. The van der Waals surface area contributed by atoms with Crippen LogP contribution in [0.2, 0.25) is 0 Å². The van der Waals surface area contributed by atoms with Crippen molar-refractivity contribution in [3.63, 3.8) is 0 Å². The summed E-state index contributed by atoms with van der Waals surface area (Å²) < 4.78 is 0. The van der Waals surface area contributed by atoms with Crippen molar-refractivity contribution in [2.24, 2.45) is 5.73 Å². The first-order valence-corrected chi connectivity index (χ1v) is 4.85. The summed E-state index contributed by atoms with van der Waals surface area (Å²) in [4.78, 5) is 21.0.